The van der Waals surface area contributed by atoms with Crippen LogP contribution in [0, 0.1) is 6.92 Å². The maximum Gasteiger partial charge on any atom is 0.390 e. The molecular formula is C14H20F3NO2. The Hall–Kier alpha value is -1.43. The highest BCUT2D eigenvalue weighted by Gasteiger charge is 2.33. The van der Waals surface area contributed by atoms with E-state index in [0.717, 1.165) is 5.56 Å². The number of methoxy groups -OCH3 is 2. The number of benzene rings is 1. The molecular weight excluding hydrogens is 271 g/mol. The lowest BCUT2D eigenvalue weighted by Crippen LogP contribution is -2.27. The van der Waals surface area contributed by atoms with Gasteiger partial charge in [0, 0.05) is 6.04 Å². The Morgan fingerprint density at radius 1 is 1.15 bits per heavy atom. The van der Waals surface area contributed by atoms with E-state index in [1.165, 1.54) is 14.2 Å². The zero-order valence-corrected chi connectivity index (χ0v) is 12.1. The number of aryl methyl sites for hydroxylation is 1. The standard InChI is InChI=1S/C14H20F3NO2/c1-5-18-11(8-14(15,16)17)10-7-13(20-4)12(19-3)6-9(10)2/h6-7,11,18H,5,8H2,1-4H3. The molecule has 20 heavy (non-hydrogen) atoms. The third-order valence-electron chi connectivity index (χ3n) is 3.03. The summed E-state index contributed by atoms with van der Waals surface area (Å²) in [4.78, 5) is 0. The summed E-state index contributed by atoms with van der Waals surface area (Å²) in [7, 11) is 2.96. The number of halogens is 3. The number of hydrogen-bond donors (Lipinski definition) is 1. The Balaban J connectivity index is 3.18. The van der Waals surface area contributed by atoms with Crippen molar-refractivity contribution in [2.75, 3.05) is 20.8 Å². The molecule has 1 aromatic rings. The van der Waals surface area contributed by atoms with E-state index < -0.39 is 18.6 Å². The molecule has 6 heteroatoms. The van der Waals surface area contributed by atoms with Crippen molar-refractivity contribution in [3.8, 4) is 11.5 Å². The van der Waals surface area contributed by atoms with Crippen LogP contribution >= 0.6 is 0 Å². The third-order valence-corrected chi connectivity index (χ3v) is 3.03. The van der Waals surface area contributed by atoms with E-state index in [2.05, 4.69) is 5.32 Å². The molecule has 0 heterocycles. The van der Waals surface area contributed by atoms with Gasteiger partial charge in [-0.25, -0.2) is 0 Å². The highest BCUT2D eigenvalue weighted by Crippen LogP contribution is 2.36. The van der Waals surface area contributed by atoms with Crippen LogP contribution in [-0.4, -0.2) is 26.9 Å². The fraction of sp³-hybridized carbons (Fsp3) is 0.571. The Kier molecular flexibility index (Phi) is 5.68. The summed E-state index contributed by atoms with van der Waals surface area (Å²) < 4.78 is 48.3. The summed E-state index contributed by atoms with van der Waals surface area (Å²) in [6, 6.07) is 2.50. The van der Waals surface area contributed by atoms with E-state index in [1.807, 2.05) is 0 Å². The average Bonchev–Trinajstić information content (AvgIpc) is 2.36. The van der Waals surface area contributed by atoms with Crippen molar-refractivity contribution in [3.63, 3.8) is 0 Å². The molecule has 0 aliphatic rings. The van der Waals surface area contributed by atoms with E-state index in [-0.39, 0.29) is 0 Å². The smallest absolute Gasteiger partial charge is 0.390 e. The summed E-state index contributed by atoms with van der Waals surface area (Å²) in [6.07, 6.45) is -5.15. The summed E-state index contributed by atoms with van der Waals surface area (Å²) in [5.74, 6) is 0.939. The van der Waals surface area contributed by atoms with E-state index in [1.54, 1.807) is 26.0 Å². The van der Waals surface area contributed by atoms with Crippen molar-refractivity contribution in [2.24, 2.45) is 0 Å². The highest BCUT2D eigenvalue weighted by atomic mass is 19.4. The van der Waals surface area contributed by atoms with Crippen molar-refractivity contribution in [1.82, 2.24) is 5.32 Å². The van der Waals surface area contributed by atoms with Crippen LogP contribution in [0.15, 0.2) is 12.1 Å². The van der Waals surface area contributed by atoms with Crippen LogP contribution in [0.3, 0.4) is 0 Å². The molecule has 0 aliphatic carbocycles. The molecule has 0 aliphatic heterocycles. The summed E-state index contributed by atoms with van der Waals surface area (Å²) in [5, 5.41) is 2.87. The molecule has 0 saturated heterocycles. The van der Waals surface area contributed by atoms with Crippen LogP contribution in [-0.2, 0) is 0 Å². The van der Waals surface area contributed by atoms with Gasteiger partial charge in [0.05, 0.1) is 20.6 Å². The lowest BCUT2D eigenvalue weighted by molar-refractivity contribution is -0.140. The van der Waals surface area contributed by atoms with Crippen LogP contribution in [0.1, 0.15) is 30.5 Å². The van der Waals surface area contributed by atoms with Crippen molar-refractivity contribution in [2.45, 2.75) is 32.5 Å². The van der Waals surface area contributed by atoms with Gasteiger partial charge >= 0.3 is 6.18 Å². The maximum atomic E-state index is 12.7. The highest BCUT2D eigenvalue weighted by molar-refractivity contribution is 5.48. The zero-order chi connectivity index (χ0) is 15.3. The minimum atomic E-state index is -4.23. The van der Waals surface area contributed by atoms with Crippen LogP contribution in [0.25, 0.3) is 0 Å². The monoisotopic (exact) mass is 291 g/mol. The van der Waals surface area contributed by atoms with Crippen molar-refractivity contribution in [3.05, 3.63) is 23.3 Å². The predicted octanol–water partition coefficient (Wildman–Crippen LogP) is 3.62. The van der Waals surface area contributed by atoms with Crippen LogP contribution in [0.5, 0.6) is 11.5 Å². The Labute approximate surface area is 117 Å². The quantitative estimate of drug-likeness (QED) is 0.868. The SMILES string of the molecule is CCNC(CC(F)(F)F)c1cc(OC)c(OC)cc1C. The van der Waals surface area contributed by atoms with E-state index >= 15 is 0 Å². The second kappa shape index (κ2) is 6.83. The van der Waals surface area contributed by atoms with Gasteiger partial charge in [-0.2, -0.15) is 13.2 Å². The predicted molar refractivity (Wildman–Crippen MR) is 71.4 cm³/mol. The summed E-state index contributed by atoms with van der Waals surface area (Å²) in [6.45, 7) is 3.99. The number of alkyl halides is 3. The van der Waals surface area contributed by atoms with Gasteiger partial charge in [-0.15, -0.1) is 0 Å². The van der Waals surface area contributed by atoms with E-state index in [4.69, 9.17) is 9.47 Å². The number of rotatable bonds is 6. The number of ether oxygens (including phenoxy) is 2. The first-order chi connectivity index (χ1) is 9.32. The lowest BCUT2D eigenvalue weighted by Gasteiger charge is -2.23. The van der Waals surface area contributed by atoms with Gasteiger partial charge < -0.3 is 14.8 Å². The number of nitrogens with one attached hydrogen (secondary N) is 1. The van der Waals surface area contributed by atoms with Crippen LogP contribution in [0.4, 0.5) is 13.2 Å². The topological polar surface area (TPSA) is 30.5 Å². The second-order valence-electron chi connectivity index (χ2n) is 4.49. The normalized spacial score (nSPS) is 13.2. The summed E-state index contributed by atoms with van der Waals surface area (Å²) in [5.41, 5.74) is 1.31. The summed E-state index contributed by atoms with van der Waals surface area (Å²) >= 11 is 0. The van der Waals surface area contributed by atoms with Gasteiger partial charge in [0.1, 0.15) is 0 Å². The minimum Gasteiger partial charge on any atom is -0.493 e. The van der Waals surface area contributed by atoms with Crippen LogP contribution < -0.4 is 14.8 Å². The molecule has 1 rings (SSSR count). The molecule has 0 spiro atoms. The third kappa shape index (κ3) is 4.30. The molecule has 0 amide bonds. The molecule has 0 fully saturated rings. The van der Waals surface area contributed by atoms with Gasteiger partial charge in [0.2, 0.25) is 0 Å². The molecule has 1 unspecified atom stereocenters. The molecule has 0 aromatic heterocycles. The minimum absolute atomic E-state index is 0.429. The molecule has 114 valence electrons. The molecule has 0 radical (unpaired) electrons. The van der Waals surface area contributed by atoms with Gasteiger partial charge in [0.25, 0.3) is 0 Å². The van der Waals surface area contributed by atoms with Crippen LogP contribution in [0.2, 0.25) is 0 Å². The average molecular weight is 291 g/mol. The van der Waals surface area contributed by atoms with Crippen molar-refractivity contribution < 1.29 is 22.6 Å². The largest absolute Gasteiger partial charge is 0.493 e. The number of hydrogen-bond acceptors (Lipinski definition) is 3. The maximum absolute atomic E-state index is 12.7. The fourth-order valence-electron chi connectivity index (χ4n) is 2.14. The van der Waals surface area contributed by atoms with Gasteiger partial charge in [-0.3, -0.25) is 0 Å². The molecule has 3 nitrogen and oxygen atoms in total. The molecule has 1 atom stereocenters. The van der Waals surface area contributed by atoms with Gasteiger partial charge in [0.15, 0.2) is 11.5 Å². The first kappa shape index (κ1) is 16.6. The Morgan fingerprint density at radius 3 is 2.15 bits per heavy atom. The van der Waals surface area contributed by atoms with Gasteiger partial charge in [-0.05, 0) is 36.7 Å². The van der Waals surface area contributed by atoms with E-state index in [9.17, 15) is 13.2 Å². The zero-order valence-electron chi connectivity index (χ0n) is 12.1. The first-order valence-electron chi connectivity index (χ1n) is 6.35. The Morgan fingerprint density at radius 2 is 1.70 bits per heavy atom. The molecule has 1 aromatic carbocycles. The second-order valence-corrected chi connectivity index (χ2v) is 4.49. The molecule has 0 saturated carbocycles. The van der Waals surface area contributed by atoms with Gasteiger partial charge in [-0.1, -0.05) is 6.92 Å². The van der Waals surface area contributed by atoms with E-state index in [0.29, 0.717) is 23.6 Å². The molecule has 1 N–H and O–H groups in total. The fourth-order valence-corrected chi connectivity index (χ4v) is 2.14. The first-order valence-corrected chi connectivity index (χ1v) is 6.35. The van der Waals surface area contributed by atoms with Crippen molar-refractivity contribution in [1.29, 1.82) is 0 Å². The Bertz CT molecular complexity index is 447. The molecule has 0 bridgehead atoms. The lowest BCUT2D eigenvalue weighted by atomic mass is 9.97. The van der Waals surface area contributed by atoms with Crippen molar-refractivity contribution >= 4 is 0 Å².